The summed E-state index contributed by atoms with van der Waals surface area (Å²) in [5.41, 5.74) is 14.0. The van der Waals surface area contributed by atoms with E-state index in [1.54, 1.807) is 35.5 Å². The summed E-state index contributed by atoms with van der Waals surface area (Å²) in [5, 5.41) is 3.90. The van der Waals surface area contributed by atoms with Crippen LogP contribution in [0.1, 0.15) is 72.3 Å². The van der Waals surface area contributed by atoms with Crippen LogP contribution in [0.15, 0.2) is 194 Å². The van der Waals surface area contributed by atoms with Gasteiger partial charge < -0.3 is 28.4 Å². The number of rotatable bonds is 11. The summed E-state index contributed by atoms with van der Waals surface area (Å²) in [4.78, 5) is 0. The molecule has 0 heterocycles. The van der Waals surface area contributed by atoms with Crippen molar-refractivity contribution in [3.8, 4) is 34.5 Å². The lowest BCUT2D eigenvalue weighted by Gasteiger charge is -2.22. The van der Waals surface area contributed by atoms with Crippen LogP contribution in [-0.2, 0) is 45.1 Å². The second kappa shape index (κ2) is 22.7. The average Bonchev–Trinajstić information content (AvgIpc) is 3.42. The van der Waals surface area contributed by atoms with Crippen LogP contribution in [0.25, 0.3) is 0 Å². The maximum absolute atomic E-state index is 7.19. The minimum absolute atomic E-state index is 0.390. The number of para-hydroxylation sites is 6. The molecule has 0 saturated carbocycles. The fourth-order valence-electron chi connectivity index (χ4n) is 10.8. The second-order valence-electron chi connectivity index (χ2n) is 18.5. The monoisotopic (exact) mass is 980 g/mol. The number of hydrogen-bond acceptors (Lipinski definition) is 6. The summed E-state index contributed by atoms with van der Waals surface area (Å²) in [7, 11) is 8.05. The molecular weight excluding hydrogens is 920 g/mol. The van der Waals surface area contributed by atoms with Crippen molar-refractivity contribution in [2.24, 2.45) is 0 Å². The summed E-state index contributed by atoms with van der Waals surface area (Å²) in [5.74, 6) is 5.14. The highest BCUT2D eigenvalue weighted by Crippen LogP contribution is 2.40. The number of hydrogen-bond donors (Lipinski definition) is 0. The molecule has 0 aliphatic heterocycles. The van der Waals surface area contributed by atoms with E-state index in [0.29, 0.717) is 45.1 Å². The van der Waals surface area contributed by atoms with Gasteiger partial charge in [-0.1, -0.05) is 188 Å². The quantitative estimate of drug-likeness (QED) is 0.120. The number of methoxy groups -OCH3 is 5. The Morgan fingerprint density at radius 2 is 0.521 bits per heavy atom. The van der Waals surface area contributed by atoms with Gasteiger partial charge in [0.05, 0.1) is 35.5 Å². The molecule has 0 saturated heterocycles. The maximum atomic E-state index is 7.19. The van der Waals surface area contributed by atoms with Gasteiger partial charge in [0, 0.05) is 38.5 Å². The minimum Gasteiger partial charge on any atom is -0.496 e. The number of fused-ring (bicyclic) bond motifs is 12. The zero-order chi connectivity index (χ0) is 50.1. The van der Waals surface area contributed by atoms with E-state index < -0.39 is 7.92 Å². The van der Waals surface area contributed by atoms with E-state index in [2.05, 4.69) is 194 Å². The molecule has 0 N–H and O–H groups in total. The SMILES string of the molecule is COc1c2cccc1Cc1cccc(c1OC)Cc1cccc(c1OC)Cc1cccc(c1OCc1cccc(P(c3ccccc3)c3ccccc3)c1)Cc1cccc(c1OC)Cc1cccc(c1OC)C2. The lowest BCUT2D eigenvalue weighted by Crippen LogP contribution is -2.21. The first kappa shape index (κ1) is 48.8. The van der Waals surface area contributed by atoms with Gasteiger partial charge in [0.25, 0.3) is 0 Å². The Hall–Kier alpha value is -7.79. The van der Waals surface area contributed by atoms with Crippen molar-refractivity contribution in [3.63, 3.8) is 0 Å². The van der Waals surface area contributed by atoms with E-state index in [1.165, 1.54) is 15.9 Å². The van der Waals surface area contributed by atoms with Crippen LogP contribution in [0.4, 0.5) is 0 Å². The molecule has 7 heteroatoms. The molecule has 0 amide bonds. The van der Waals surface area contributed by atoms with Gasteiger partial charge in [-0.2, -0.15) is 0 Å². The van der Waals surface area contributed by atoms with Gasteiger partial charge in [-0.05, 0) is 102 Å². The molecule has 12 bridgehead atoms. The Bertz CT molecular complexity index is 3160. The Morgan fingerprint density at radius 1 is 0.274 bits per heavy atom. The summed E-state index contributed by atoms with van der Waals surface area (Å²) < 4.78 is 38.7. The van der Waals surface area contributed by atoms with Crippen molar-refractivity contribution >= 4 is 23.8 Å². The van der Waals surface area contributed by atoms with E-state index in [-0.39, 0.29) is 0 Å². The van der Waals surface area contributed by atoms with Gasteiger partial charge in [-0.3, -0.25) is 0 Å². The van der Waals surface area contributed by atoms with Gasteiger partial charge in [-0.15, -0.1) is 0 Å². The van der Waals surface area contributed by atoms with Gasteiger partial charge in [0.2, 0.25) is 0 Å². The van der Waals surface area contributed by atoms with Crippen molar-refractivity contribution in [2.75, 3.05) is 35.5 Å². The molecule has 9 aromatic rings. The summed E-state index contributed by atoms with van der Waals surface area (Å²) in [6, 6.07) is 69.4. The molecule has 1 aliphatic carbocycles. The molecule has 0 aromatic heterocycles. The molecular formula is C66H61O6P. The topological polar surface area (TPSA) is 55.4 Å². The molecule has 73 heavy (non-hydrogen) atoms. The molecule has 366 valence electrons. The first-order chi connectivity index (χ1) is 36.0. The predicted octanol–water partition coefficient (Wildman–Crippen LogP) is 12.9. The number of ether oxygens (including phenoxy) is 6. The minimum atomic E-state index is -0.789. The third-order valence-corrected chi connectivity index (χ3v) is 16.4. The highest BCUT2D eigenvalue weighted by atomic mass is 31.1. The largest absolute Gasteiger partial charge is 0.496 e. The Labute approximate surface area is 431 Å². The van der Waals surface area contributed by atoms with Crippen LogP contribution in [0.2, 0.25) is 0 Å². The first-order valence-corrected chi connectivity index (χ1v) is 26.3. The number of benzene rings is 9. The van der Waals surface area contributed by atoms with E-state index in [1.807, 2.05) is 0 Å². The van der Waals surface area contributed by atoms with Crippen molar-refractivity contribution < 1.29 is 28.4 Å². The standard InChI is InChI=1S/C66H61O6P/c1-67-61-46-20-13-21-47(61)39-49-23-15-25-51(63(49)69-3)41-53-27-17-29-55(65(53)71-5)43-57-31-18-30-56(42-54-28-16-26-52(64(54)70-4)40-50-24-14-22-48(38-46)62(50)68-2)66(57)72-44-45-19-12-36-60(37-45)73(58-32-8-6-9-33-58)59-34-10-7-11-35-59/h6-37H,38-44H2,1-5H3. The van der Waals surface area contributed by atoms with Crippen LogP contribution >= 0.6 is 7.92 Å². The molecule has 0 atom stereocenters. The molecule has 6 nitrogen and oxygen atoms in total. The Morgan fingerprint density at radius 3 is 0.795 bits per heavy atom. The fourth-order valence-corrected chi connectivity index (χ4v) is 13.1. The Balaban J connectivity index is 1.09. The van der Waals surface area contributed by atoms with Gasteiger partial charge >= 0.3 is 0 Å². The molecule has 0 fully saturated rings. The van der Waals surface area contributed by atoms with E-state index in [4.69, 9.17) is 28.4 Å². The van der Waals surface area contributed by atoms with Crippen LogP contribution in [0, 0.1) is 0 Å². The van der Waals surface area contributed by atoms with Crippen molar-refractivity contribution in [1.29, 1.82) is 0 Å². The second-order valence-corrected chi connectivity index (χ2v) is 20.7. The summed E-state index contributed by atoms with van der Waals surface area (Å²) >= 11 is 0. The van der Waals surface area contributed by atoms with Gasteiger partial charge in [-0.25, -0.2) is 0 Å². The normalized spacial score (nSPS) is 12.3. The fraction of sp³-hybridized carbons (Fsp3) is 0.182. The summed E-state index contributed by atoms with van der Waals surface area (Å²) in [6.45, 7) is 0.390. The van der Waals surface area contributed by atoms with Crippen LogP contribution in [0.5, 0.6) is 34.5 Å². The molecule has 0 spiro atoms. The maximum Gasteiger partial charge on any atom is 0.126 e. The van der Waals surface area contributed by atoms with Gasteiger partial charge in [0.1, 0.15) is 41.1 Å². The van der Waals surface area contributed by atoms with Crippen molar-refractivity contribution in [1.82, 2.24) is 0 Å². The van der Waals surface area contributed by atoms with E-state index in [9.17, 15) is 0 Å². The van der Waals surface area contributed by atoms with Crippen LogP contribution in [0.3, 0.4) is 0 Å². The third-order valence-electron chi connectivity index (χ3n) is 14.0. The zero-order valence-corrected chi connectivity index (χ0v) is 43.2. The molecule has 9 aromatic carbocycles. The Kier molecular flexibility index (Phi) is 15.2. The lowest BCUT2D eigenvalue weighted by atomic mass is 9.91. The van der Waals surface area contributed by atoms with Crippen molar-refractivity contribution in [3.05, 3.63) is 266 Å². The molecule has 0 radical (unpaired) electrons. The van der Waals surface area contributed by atoms with Gasteiger partial charge in [0.15, 0.2) is 0 Å². The zero-order valence-electron chi connectivity index (χ0n) is 42.3. The van der Waals surface area contributed by atoms with Crippen LogP contribution < -0.4 is 44.3 Å². The van der Waals surface area contributed by atoms with E-state index in [0.717, 1.165) is 107 Å². The molecule has 1 aliphatic rings. The average molecular weight is 981 g/mol. The lowest BCUT2D eigenvalue weighted by molar-refractivity contribution is 0.300. The smallest absolute Gasteiger partial charge is 0.126 e. The highest BCUT2D eigenvalue weighted by molar-refractivity contribution is 7.79. The van der Waals surface area contributed by atoms with Crippen molar-refractivity contribution in [2.45, 2.75) is 45.1 Å². The highest BCUT2D eigenvalue weighted by Gasteiger charge is 2.23. The van der Waals surface area contributed by atoms with Crippen LogP contribution in [-0.4, -0.2) is 35.5 Å². The third kappa shape index (κ3) is 10.6. The predicted molar refractivity (Wildman–Crippen MR) is 298 cm³/mol. The summed E-state index contributed by atoms with van der Waals surface area (Å²) in [6.07, 6.45) is 3.67. The first-order valence-electron chi connectivity index (χ1n) is 24.9. The van der Waals surface area contributed by atoms with E-state index >= 15 is 0 Å². The molecule has 0 unspecified atom stereocenters. The molecule has 10 rings (SSSR count).